The van der Waals surface area contributed by atoms with Crippen LogP contribution in [-0.2, 0) is 0 Å². The maximum absolute atomic E-state index is 5.75. The summed E-state index contributed by atoms with van der Waals surface area (Å²) in [6.45, 7) is 2.23. The molecule has 2 rings (SSSR count). The van der Waals surface area contributed by atoms with Gasteiger partial charge in [0.1, 0.15) is 0 Å². The fourth-order valence-electron chi connectivity index (χ4n) is 1.99. The molecule has 0 radical (unpaired) electrons. The summed E-state index contributed by atoms with van der Waals surface area (Å²) in [5, 5.41) is 3.48. The largest absolute Gasteiger partial charge is 0.397 e. The molecule has 0 saturated heterocycles. The highest BCUT2D eigenvalue weighted by molar-refractivity contribution is 5.69. The van der Waals surface area contributed by atoms with E-state index in [4.69, 9.17) is 11.5 Å². The number of nitrogens with one attached hydrogen (secondary N) is 1. The summed E-state index contributed by atoms with van der Waals surface area (Å²) in [4.78, 5) is 0. The molecular weight excluding hydrogens is 186 g/mol. The van der Waals surface area contributed by atoms with E-state index in [1.807, 2.05) is 18.2 Å². The van der Waals surface area contributed by atoms with Gasteiger partial charge in [0.05, 0.1) is 11.4 Å². The van der Waals surface area contributed by atoms with E-state index in [9.17, 15) is 0 Å². The maximum Gasteiger partial charge on any atom is 0.0568 e. The van der Waals surface area contributed by atoms with E-state index in [0.29, 0.717) is 17.4 Å². The maximum atomic E-state index is 5.75. The number of benzene rings is 1. The van der Waals surface area contributed by atoms with Crippen LogP contribution < -0.4 is 16.8 Å². The molecule has 1 aromatic rings. The Kier molecular flexibility index (Phi) is 2.71. The summed E-state index contributed by atoms with van der Waals surface area (Å²) in [5.41, 5.74) is 13.8. The van der Waals surface area contributed by atoms with Crippen molar-refractivity contribution in [1.29, 1.82) is 0 Å². The van der Waals surface area contributed by atoms with E-state index in [1.165, 1.54) is 19.3 Å². The van der Waals surface area contributed by atoms with Gasteiger partial charge in [0, 0.05) is 11.7 Å². The molecule has 2 atom stereocenters. The van der Waals surface area contributed by atoms with Crippen LogP contribution in [-0.4, -0.2) is 6.04 Å². The Morgan fingerprint density at radius 2 is 2.13 bits per heavy atom. The zero-order valence-electron chi connectivity index (χ0n) is 9.16. The summed E-state index contributed by atoms with van der Waals surface area (Å²) in [7, 11) is 0. The molecule has 15 heavy (non-hydrogen) atoms. The van der Waals surface area contributed by atoms with Gasteiger partial charge in [-0.2, -0.15) is 0 Å². The Morgan fingerprint density at radius 3 is 2.80 bits per heavy atom. The lowest BCUT2D eigenvalue weighted by Crippen LogP contribution is -2.05. The van der Waals surface area contributed by atoms with Crippen molar-refractivity contribution in [3.63, 3.8) is 0 Å². The van der Waals surface area contributed by atoms with Crippen molar-refractivity contribution in [1.82, 2.24) is 0 Å². The number of rotatable bonds is 4. The van der Waals surface area contributed by atoms with Gasteiger partial charge < -0.3 is 16.8 Å². The van der Waals surface area contributed by atoms with Gasteiger partial charge in [-0.25, -0.2) is 0 Å². The summed E-state index contributed by atoms with van der Waals surface area (Å²) in [6.07, 6.45) is 3.88. The normalized spacial score (nSPS) is 23.8. The van der Waals surface area contributed by atoms with Crippen molar-refractivity contribution in [3.8, 4) is 0 Å². The molecule has 0 spiro atoms. The van der Waals surface area contributed by atoms with E-state index >= 15 is 0 Å². The third kappa shape index (κ3) is 2.35. The van der Waals surface area contributed by atoms with Crippen LogP contribution in [0.2, 0.25) is 0 Å². The highest BCUT2D eigenvalue weighted by atomic mass is 15.0. The molecule has 82 valence electrons. The Morgan fingerprint density at radius 1 is 1.33 bits per heavy atom. The number of hydrogen-bond donors (Lipinski definition) is 3. The minimum Gasteiger partial charge on any atom is -0.397 e. The van der Waals surface area contributed by atoms with E-state index in [1.54, 1.807) is 0 Å². The highest BCUT2D eigenvalue weighted by Crippen LogP contribution is 2.37. The average Bonchev–Trinajstić information content (AvgIpc) is 2.91. The highest BCUT2D eigenvalue weighted by Gasteiger charge is 2.35. The van der Waals surface area contributed by atoms with E-state index in [2.05, 4.69) is 12.2 Å². The fraction of sp³-hybridized carbons (Fsp3) is 0.500. The Hall–Kier alpha value is -1.38. The average molecular weight is 205 g/mol. The predicted molar refractivity (Wildman–Crippen MR) is 65.7 cm³/mol. The van der Waals surface area contributed by atoms with Crippen molar-refractivity contribution in [3.05, 3.63) is 18.2 Å². The van der Waals surface area contributed by atoms with Gasteiger partial charge in [0.15, 0.2) is 0 Å². The molecule has 1 saturated carbocycles. The van der Waals surface area contributed by atoms with Crippen molar-refractivity contribution >= 4 is 17.1 Å². The van der Waals surface area contributed by atoms with Gasteiger partial charge in [0.2, 0.25) is 0 Å². The molecule has 3 nitrogen and oxygen atoms in total. The molecule has 1 aromatic carbocycles. The van der Waals surface area contributed by atoms with Crippen LogP contribution in [0.25, 0.3) is 0 Å². The van der Waals surface area contributed by atoms with Gasteiger partial charge in [0.25, 0.3) is 0 Å². The van der Waals surface area contributed by atoms with Gasteiger partial charge in [-0.05, 0) is 37.0 Å². The summed E-state index contributed by atoms with van der Waals surface area (Å²) in [5.74, 6) is 0.855. The van der Waals surface area contributed by atoms with Gasteiger partial charge in [-0.15, -0.1) is 0 Å². The molecule has 0 aromatic heterocycles. The van der Waals surface area contributed by atoms with Crippen molar-refractivity contribution in [2.75, 3.05) is 16.8 Å². The van der Waals surface area contributed by atoms with Crippen LogP contribution in [0.5, 0.6) is 0 Å². The molecule has 0 bridgehead atoms. The molecule has 2 unspecified atom stereocenters. The fourth-order valence-corrected chi connectivity index (χ4v) is 1.99. The van der Waals surface area contributed by atoms with Crippen LogP contribution in [0.1, 0.15) is 26.2 Å². The summed E-state index contributed by atoms with van der Waals surface area (Å²) < 4.78 is 0. The lowest BCUT2D eigenvalue weighted by Gasteiger charge is -2.07. The SMILES string of the molecule is CCCC1CC1Nc1ccc(N)c(N)c1. The third-order valence-electron chi connectivity index (χ3n) is 3.02. The number of nitrogens with two attached hydrogens (primary N) is 2. The third-order valence-corrected chi connectivity index (χ3v) is 3.02. The Balaban J connectivity index is 1.92. The molecule has 3 heteroatoms. The van der Waals surface area contributed by atoms with Crippen molar-refractivity contribution in [2.24, 2.45) is 5.92 Å². The standard InChI is InChI=1S/C12H19N3/c1-2-3-8-6-12(8)15-9-4-5-10(13)11(14)7-9/h4-5,7-8,12,15H,2-3,6,13-14H2,1H3. The quantitative estimate of drug-likeness (QED) is 0.661. The van der Waals surface area contributed by atoms with Crippen LogP contribution >= 0.6 is 0 Å². The number of anilines is 3. The lowest BCUT2D eigenvalue weighted by molar-refractivity contribution is 0.693. The zero-order chi connectivity index (χ0) is 10.8. The van der Waals surface area contributed by atoms with Crippen molar-refractivity contribution in [2.45, 2.75) is 32.2 Å². The Bertz CT molecular complexity index is 349. The summed E-state index contributed by atoms with van der Waals surface area (Å²) in [6, 6.07) is 6.41. The lowest BCUT2D eigenvalue weighted by atomic mass is 10.2. The first-order valence-corrected chi connectivity index (χ1v) is 5.62. The second-order valence-corrected chi connectivity index (χ2v) is 4.38. The molecule has 5 N–H and O–H groups in total. The second-order valence-electron chi connectivity index (χ2n) is 4.38. The second kappa shape index (κ2) is 4.01. The molecule has 0 aliphatic heterocycles. The van der Waals surface area contributed by atoms with E-state index < -0.39 is 0 Å². The van der Waals surface area contributed by atoms with Crippen molar-refractivity contribution < 1.29 is 0 Å². The summed E-state index contributed by atoms with van der Waals surface area (Å²) >= 11 is 0. The van der Waals surface area contributed by atoms with Crippen LogP contribution in [0.4, 0.5) is 17.1 Å². The molecule has 1 aliphatic carbocycles. The van der Waals surface area contributed by atoms with E-state index in [-0.39, 0.29) is 0 Å². The molecule has 0 heterocycles. The van der Waals surface area contributed by atoms with E-state index in [0.717, 1.165) is 11.6 Å². The first-order chi connectivity index (χ1) is 7.20. The van der Waals surface area contributed by atoms with Crippen LogP contribution in [0, 0.1) is 5.92 Å². The zero-order valence-corrected chi connectivity index (χ0v) is 9.16. The number of hydrogen-bond acceptors (Lipinski definition) is 3. The van der Waals surface area contributed by atoms with Gasteiger partial charge in [-0.1, -0.05) is 13.3 Å². The Labute approximate surface area is 90.8 Å². The first-order valence-electron chi connectivity index (χ1n) is 5.62. The smallest absolute Gasteiger partial charge is 0.0568 e. The first kappa shape index (κ1) is 10.1. The molecule has 1 aliphatic rings. The van der Waals surface area contributed by atoms with Gasteiger partial charge in [-0.3, -0.25) is 0 Å². The topological polar surface area (TPSA) is 64.1 Å². The van der Waals surface area contributed by atoms with Crippen LogP contribution in [0.3, 0.4) is 0 Å². The number of nitrogen functional groups attached to an aromatic ring is 2. The monoisotopic (exact) mass is 205 g/mol. The minimum atomic E-state index is 0.646. The minimum absolute atomic E-state index is 0.646. The molecule has 1 fully saturated rings. The predicted octanol–water partition coefficient (Wildman–Crippen LogP) is 2.45. The van der Waals surface area contributed by atoms with Crippen LogP contribution in [0.15, 0.2) is 18.2 Å². The van der Waals surface area contributed by atoms with Gasteiger partial charge >= 0.3 is 0 Å². The molecular formula is C12H19N3. The molecule has 0 amide bonds.